The number of likely N-dealkylation sites (N-methyl/N-ethyl adjacent to an activating group) is 1. The molecule has 1 aromatic carbocycles. The lowest BCUT2D eigenvalue weighted by atomic mass is 10.1. The van der Waals surface area contributed by atoms with Gasteiger partial charge < -0.3 is 9.80 Å². The molecule has 0 amide bonds. The minimum atomic E-state index is 0.710. The third-order valence-electron chi connectivity index (χ3n) is 4.04. The van der Waals surface area contributed by atoms with Crippen LogP contribution >= 0.6 is 0 Å². The predicted molar refractivity (Wildman–Crippen MR) is 89.8 cm³/mol. The highest BCUT2D eigenvalue weighted by atomic mass is 15.2. The third-order valence-corrected chi connectivity index (χ3v) is 4.04. The Bertz CT molecular complexity index is 575. The Morgan fingerprint density at radius 3 is 2.43 bits per heavy atom. The van der Waals surface area contributed by atoms with E-state index in [4.69, 9.17) is 0 Å². The summed E-state index contributed by atoms with van der Waals surface area (Å²) in [5.41, 5.74) is 3.55. The first-order chi connectivity index (χ1) is 10.2. The van der Waals surface area contributed by atoms with Gasteiger partial charge in [0, 0.05) is 43.6 Å². The van der Waals surface area contributed by atoms with Gasteiger partial charge in [-0.3, -0.25) is 4.99 Å². The SMILES string of the molecule is CC1=CCN=C(c2ccc(N3CCN(C)CC3)cc2)N=C1. The zero-order chi connectivity index (χ0) is 14.7. The molecule has 21 heavy (non-hydrogen) atoms. The molecule has 2 aliphatic heterocycles. The molecular weight excluding hydrogens is 260 g/mol. The average Bonchev–Trinajstić information content (AvgIpc) is 2.73. The number of benzene rings is 1. The molecule has 110 valence electrons. The molecule has 1 fully saturated rings. The van der Waals surface area contributed by atoms with Gasteiger partial charge in [-0.15, -0.1) is 0 Å². The standard InChI is InChI=1S/C17H22N4/c1-14-7-8-18-17(19-13-14)15-3-5-16(6-4-15)21-11-9-20(2)10-12-21/h3-7,13H,8-12H2,1-2H3. The highest BCUT2D eigenvalue weighted by Crippen LogP contribution is 2.18. The summed E-state index contributed by atoms with van der Waals surface area (Å²) >= 11 is 0. The van der Waals surface area contributed by atoms with Gasteiger partial charge in [0.1, 0.15) is 0 Å². The Morgan fingerprint density at radius 1 is 1.00 bits per heavy atom. The highest BCUT2D eigenvalue weighted by Gasteiger charge is 2.14. The molecule has 0 spiro atoms. The zero-order valence-corrected chi connectivity index (χ0v) is 12.8. The van der Waals surface area contributed by atoms with E-state index in [9.17, 15) is 0 Å². The number of rotatable bonds is 2. The van der Waals surface area contributed by atoms with Crippen molar-refractivity contribution in [3.63, 3.8) is 0 Å². The predicted octanol–water partition coefficient (Wildman–Crippen LogP) is 2.22. The molecule has 0 aliphatic carbocycles. The van der Waals surface area contributed by atoms with E-state index in [-0.39, 0.29) is 0 Å². The van der Waals surface area contributed by atoms with Crippen LogP contribution in [0.4, 0.5) is 5.69 Å². The Kier molecular flexibility index (Phi) is 4.15. The van der Waals surface area contributed by atoms with Gasteiger partial charge in [0.2, 0.25) is 0 Å². The van der Waals surface area contributed by atoms with E-state index >= 15 is 0 Å². The first kappa shape index (κ1) is 14.0. The quantitative estimate of drug-likeness (QED) is 0.833. The number of piperazine rings is 1. The lowest BCUT2D eigenvalue weighted by molar-refractivity contribution is 0.313. The number of nitrogens with zero attached hydrogens (tertiary/aromatic N) is 4. The van der Waals surface area contributed by atoms with Gasteiger partial charge >= 0.3 is 0 Å². The molecule has 0 unspecified atom stereocenters. The van der Waals surface area contributed by atoms with Crippen molar-refractivity contribution in [2.75, 3.05) is 44.7 Å². The van der Waals surface area contributed by atoms with Crippen molar-refractivity contribution in [3.8, 4) is 0 Å². The van der Waals surface area contributed by atoms with Crippen molar-refractivity contribution in [1.82, 2.24) is 4.90 Å². The maximum atomic E-state index is 4.52. The van der Waals surface area contributed by atoms with Crippen LogP contribution in [-0.2, 0) is 0 Å². The molecule has 0 N–H and O–H groups in total. The molecule has 4 heteroatoms. The molecule has 0 aromatic heterocycles. The van der Waals surface area contributed by atoms with Crippen molar-refractivity contribution in [2.45, 2.75) is 6.92 Å². The Hall–Kier alpha value is -1.94. The van der Waals surface area contributed by atoms with Crippen LogP contribution in [0, 0.1) is 0 Å². The molecule has 0 atom stereocenters. The molecule has 2 heterocycles. The lowest BCUT2D eigenvalue weighted by Crippen LogP contribution is -2.44. The minimum Gasteiger partial charge on any atom is -0.369 e. The molecule has 1 saturated heterocycles. The maximum absolute atomic E-state index is 4.52. The van der Waals surface area contributed by atoms with Crippen LogP contribution < -0.4 is 4.90 Å². The fourth-order valence-corrected chi connectivity index (χ4v) is 2.58. The number of allylic oxidation sites excluding steroid dienone is 1. The number of hydrogen-bond acceptors (Lipinski definition) is 4. The normalized spacial score (nSPS) is 20.0. The van der Waals surface area contributed by atoms with E-state index in [0.29, 0.717) is 6.54 Å². The van der Waals surface area contributed by atoms with E-state index in [1.807, 2.05) is 6.21 Å². The first-order valence-electron chi connectivity index (χ1n) is 7.51. The summed E-state index contributed by atoms with van der Waals surface area (Å²) in [6.45, 7) is 7.21. The summed E-state index contributed by atoms with van der Waals surface area (Å²) in [7, 11) is 2.18. The van der Waals surface area contributed by atoms with Gasteiger partial charge in [-0.05, 0) is 43.8 Å². The molecule has 3 rings (SSSR count). The second-order valence-electron chi connectivity index (χ2n) is 5.71. The van der Waals surface area contributed by atoms with Crippen LogP contribution in [-0.4, -0.2) is 56.7 Å². The van der Waals surface area contributed by atoms with Crippen molar-refractivity contribution < 1.29 is 0 Å². The first-order valence-corrected chi connectivity index (χ1v) is 7.51. The highest BCUT2D eigenvalue weighted by molar-refractivity contribution is 6.05. The smallest absolute Gasteiger partial charge is 0.154 e. The van der Waals surface area contributed by atoms with Crippen LogP contribution in [0.1, 0.15) is 12.5 Å². The van der Waals surface area contributed by atoms with E-state index in [1.54, 1.807) is 0 Å². The van der Waals surface area contributed by atoms with Crippen LogP contribution in [0.2, 0.25) is 0 Å². The second kappa shape index (κ2) is 6.22. The van der Waals surface area contributed by atoms with Crippen LogP contribution in [0.3, 0.4) is 0 Å². The zero-order valence-electron chi connectivity index (χ0n) is 12.8. The summed E-state index contributed by atoms with van der Waals surface area (Å²) < 4.78 is 0. The Balaban J connectivity index is 1.72. The molecular formula is C17H22N4. The largest absolute Gasteiger partial charge is 0.369 e. The molecule has 2 aliphatic rings. The second-order valence-corrected chi connectivity index (χ2v) is 5.71. The molecule has 0 saturated carbocycles. The fourth-order valence-electron chi connectivity index (χ4n) is 2.58. The number of anilines is 1. The Morgan fingerprint density at radius 2 is 1.71 bits per heavy atom. The Labute approximate surface area is 126 Å². The maximum Gasteiger partial charge on any atom is 0.154 e. The van der Waals surface area contributed by atoms with Crippen molar-refractivity contribution in [1.29, 1.82) is 0 Å². The summed E-state index contributed by atoms with van der Waals surface area (Å²) in [5.74, 6) is 0.827. The molecule has 4 nitrogen and oxygen atoms in total. The summed E-state index contributed by atoms with van der Waals surface area (Å²) in [6.07, 6.45) is 3.98. The van der Waals surface area contributed by atoms with Crippen LogP contribution in [0.5, 0.6) is 0 Å². The van der Waals surface area contributed by atoms with Crippen LogP contribution in [0.15, 0.2) is 45.9 Å². The van der Waals surface area contributed by atoms with Crippen LogP contribution in [0.25, 0.3) is 0 Å². The lowest BCUT2D eigenvalue weighted by Gasteiger charge is -2.34. The third kappa shape index (κ3) is 3.39. The molecule has 0 bridgehead atoms. The fraction of sp³-hybridized carbons (Fsp3) is 0.412. The van der Waals surface area contributed by atoms with E-state index in [1.165, 1.54) is 11.3 Å². The van der Waals surface area contributed by atoms with Crippen molar-refractivity contribution >= 4 is 17.7 Å². The summed E-state index contributed by atoms with van der Waals surface area (Å²) in [6, 6.07) is 8.63. The van der Waals surface area contributed by atoms with Gasteiger partial charge in [0.15, 0.2) is 5.84 Å². The summed E-state index contributed by atoms with van der Waals surface area (Å²) in [4.78, 5) is 13.8. The summed E-state index contributed by atoms with van der Waals surface area (Å²) in [5, 5.41) is 0. The minimum absolute atomic E-state index is 0.710. The molecule has 0 radical (unpaired) electrons. The van der Waals surface area contributed by atoms with Gasteiger partial charge in [-0.1, -0.05) is 6.08 Å². The van der Waals surface area contributed by atoms with Gasteiger partial charge in [0.25, 0.3) is 0 Å². The van der Waals surface area contributed by atoms with Crippen molar-refractivity contribution in [2.24, 2.45) is 9.98 Å². The number of aliphatic imine (C=N–C) groups is 2. The van der Waals surface area contributed by atoms with Gasteiger partial charge in [0.05, 0.1) is 6.54 Å². The van der Waals surface area contributed by atoms with E-state index in [2.05, 4.69) is 64.1 Å². The monoisotopic (exact) mass is 282 g/mol. The molecule has 1 aromatic rings. The van der Waals surface area contributed by atoms with Gasteiger partial charge in [-0.25, -0.2) is 4.99 Å². The van der Waals surface area contributed by atoms with Gasteiger partial charge in [-0.2, -0.15) is 0 Å². The van der Waals surface area contributed by atoms with Crippen molar-refractivity contribution in [3.05, 3.63) is 41.5 Å². The average molecular weight is 282 g/mol. The van der Waals surface area contributed by atoms with E-state index < -0.39 is 0 Å². The number of hydrogen-bond donors (Lipinski definition) is 0. The van der Waals surface area contributed by atoms with E-state index in [0.717, 1.165) is 37.6 Å². The topological polar surface area (TPSA) is 31.2 Å². The number of amidine groups is 1.